The highest BCUT2D eigenvalue weighted by Gasteiger charge is 2.28. The molecule has 1 saturated heterocycles. The van der Waals surface area contributed by atoms with E-state index in [1.165, 1.54) is 6.07 Å². The van der Waals surface area contributed by atoms with Crippen LogP contribution in [0.4, 0.5) is 14.5 Å². The van der Waals surface area contributed by atoms with Crippen molar-refractivity contribution >= 4 is 17.5 Å². The van der Waals surface area contributed by atoms with Gasteiger partial charge in [-0.05, 0) is 43.2 Å². The molecular formula is C20H20F2N2O3. The van der Waals surface area contributed by atoms with Crippen LogP contribution in [0.3, 0.4) is 0 Å². The van der Waals surface area contributed by atoms with E-state index >= 15 is 0 Å². The summed E-state index contributed by atoms with van der Waals surface area (Å²) < 4.78 is 31.4. The molecule has 1 heterocycles. The average Bonchev–Trinajstić information content (AvgIpc) is 2.70. The molecule has 1 aliphatic rings. The lowest BCUT2D eigenvalue weighted by molar-refractivity contribution is -0.121. The average molecular weight is 374 g/mol. The minimum absolute atomic E-state index is 0.103. The van der Waals surface area contributed by atoms with E-state index in [2.05, 4.69) is 5.32 Å². The Hall–Kier alpha value is -2.96. The van der Waals surface area contributed by atoms with E-state index in [1.54, 1.807) is 36.3 Å². The Labute approximate surface area is 155 Å². The van der Waals surface area contributed by atoms with Crippen molar-refractivity contribution in [2.24, 2.45) is 5.92 Å². The number of anilines is 1. The molecule has 3 rings (SSSR count). The summed E-state index contributed by atoms with van der Waals surface area (Å²) in [6.45, 7) is 0.901. The molecule has 0 unspecified atom stereocenters. The van der Waals surface area contributed by atoms with Gasteiger partial charge < -0.3 is 15.0 Å². The third-order valence-corrected chi connectivity index (χ3v) is 4.66. The molecule has 0 saturated carbocycles. The number of hydrogen-bond donors (Lipinski definition) is 1. The molecule has 1 fully saturated rings. The number of benzene rings is 2. The van der Waals surface area contributed by atoms with Crippen LogP contribution in [0.2, 0.25) is 0 Å². The number of likely N-dealkylation sites (tertiary alicyclic amines) is 1. The molecule has 0 aromatic heterocycles. The van der Waals surface area contributed by atoms with Crippen molar-refractivity contribution in [3.05, 3.63) is 59.7 Å². The van der Waals surface area contributed by atoms with Crippen LogP contribution in [0, 0.1) is 17.6 Å². The first-order valence-electron chi connectivity index (χ1n) is 8.67. The maximum atomic E-state index is 13.2. The van der Waals surface area contributed by atoms with E-state index in [0.717, 1.165) is 12.1 Å². The van der Waals surface area contributed by atoms with Crippen molar-refractivity contribution in [1.29, 1.82) is 0 Å². The van der Waals surface area contributed by atoms with Gasteiger partial charge in [0.05, 0.1) is 7.11 Å². The first-order chi connectivity index (χ1) is 13.0. The molecule has 0 aliphatic carbocycles. The molecule has 0 bridgehead atoms. The highest BCUT2D eigenvalue weighted by molar-refractivity contribution is 5.95. The number of piperidine rings is 1. The van der Waals surface area contributed by atoms with Crippen molar-refractivity contribution in [2.75, 3.05) is 25.5 Å². The highest BCUT2D eigenvalue weighted by Crippen LogP contribution is 2.23. The number of rotatable bonds is 4. The lowest BCUT2D eigenvalue weighted by Gasteiger charge is -2.31. The molecule has 27 heavy (non-hydrogen) atoms. The van der Waals surface area contributed by atoms with Crippen molar-refractivity contribution in [1.82, 2.24) is 4.90 Å². The fraction of sp³-hybridized carbons (Fsp3) is 0.300. The third-order valence-electron chi connectivity index (χ3n) is 4.66. The van der Waals surface area contributed by atoms with Crippen LogP contribution in [0.1, 0.15) is 23.2 Å². The van der Waals surface area contributed by atoms with Gasteiger partial charge in [0.1, 0.15) is 5.75 Å². The molecule has 0 radical (unpaired) electrons. The summed E-state index contributed by atoms with van der Waals surface area (Å²) >= 11 is 0. The van der Waals surface area contributed by atoms with Gasteiger partial charge in [-0.15, -0.1) is 0 Å². The first-order valence-corrected chi connectivity index (χ1v) is 8.67. The Balaban J connectivity index is 1.56. The Kier molecular flexibility index (Phi) is 5.69. The fourth-order valence-electron chi connectivity index (χ4n) is 3.10. The molecule has 1 aliphatic heterocycles. The molecule has 1 N–H and O–H groups in total. The zero-order valence-corrected chi connectivity index (χ0v) is 14.9. The minimum atomic E-state index is -1.01. The SMILES string of the molecule is COc1cccc(C(=O)N2CCC(C(=O)Nc3ccc(F)c(F)c3)CC2)c1. The zero-order valence-electron chi connectivity index (χ0n) is 14.9. The number of ether oxygens (including phenoxy) is 1. The molecule has 142 valence electrons. The zero-order chi connectivity index (χ0) is 19.4. The molecule has 2 aromatic carbocycles. The van der Waals surface area contributed by atoms with Gasteiger partial charge in [0.2, 0.25) is 5.91 Å². The quantitative estimate of drug-likeness (QED) is 0.892. The van der Waals surface area contributed by atoms with Crippen molar-refractivity contribution in [3.63, 3.8) is 0 Å². The summed E-state index contributed by atoms with van der Waals surface area (Å²) in [4.78, 5) is 26.6. The van der Waals surface area contributed by atoms with Crippen LogP contribution in [0.25, 0.3) is 0 Å². The van der Waals surface area contributed by atoms with Crippen molar-refractivity contribution in [2.45, 2.75) is 12.8 Å². The van der Waals surface area contributed by atoms with Gasteiger partial charge in [0, 0.05) is 36.3 Å². The Morgan fingerprint density at radius 1 is 1.07 bits per heavy atom. The van der Waals surface area contributed by atoms with E-state index in [4.69, 9.17) is 4.74 Å². The van der Waals surface area contributed by atoms with Gasteiger partial charge >= 0.3 is 0 Å². The topological polar surface area (TPSA) is 58.6 Å². The summed E-state index contributed by atoms with van der Waals surface area (Å²) in [5, 5.41) is 2.60. The third kappa shape index (κ3) is 4.42. The molecule has 0 atom stereocenters. The number of nitrogens with one attached hydrogen (secondary N) is 1. The Morgan fingerprint density at radius 3 is 2.48 bits per heavy atom. The predicted molar refractivity (Wildman–Crippen MR) is 96.6 cm³/mol. The Morgan fingerprint density at radius 2 is 1.81 bits per heavy atom. The van der Waals surface area contributed by atoms with E-state index in [0.29, 0.717) is 37.2 Å². The number of methoxy groups -OCH3 is 1. The highest BCUT2D eigenvalue weighted by atomic mass is 19.2. The number of hydrogen-bond acceptors (Lipinski definition) is 3. The van der Waals surface area contributed by atoms with Gasteiger partial charge in [-0.2, -0.15) is 0 Å². The van der Waals surface area contributed by atoms with Gasteiger partial charge in [0.25, 0.3) is 5.91 Å². The second-order valence-electron chi connectivity index (χ2n) is 6.42. The lowest BCUT2D eigenvalue weighted by atomic mass is 9.95. The standard InChI is InChI=1S/C20H20F2N2O3/c1-27-16-4-2-3-14(11-16)20(26)24-9-7-13(8-10-24)19(25)23-15-5-6-17(21)18(22)12-15/h2-6,11-13H,7-10H2,1H3,(H,23,25). The second-order valence-corrected chi connectivity index (χ2v) is 6.42. The lowest BCUT2D eigenvalue weighted by Crippen LogP contribution is -2.41. The summed E-state index contributed by atoms with van der Waals surface area (Å²) in [6, 6.07) is 10.2. The molecule has 2 amide bonds. The maximum Gasteiger partial charge on any atom is 0.253 e. The van der Waals surface area contributed by atoms with Gasteiger partial charge in [0.15, 0.2) is 11.6 Å². The summed E-state index contributed by atoms with van der Waals surface area (Å²) in [7, 11) is 1.54. The number of carbonyl (C=O) groups excluding carboxylic acids is 2. The van der Waals surface area contributed by atoms with Gasteiger partial charge in [-0.25, -0.2) is 8.78 Å². The molecule has 2 aromatic rings. The van der Waals surface area contributed by atoms with Crippen LogP contribution in [-0.2, 0) is 4.79 Å². The fourth-order valence-corrected chi connectivity index (χ4v) is 3.10. The van der Waals surface area contributed by atoms with Crippen LogP contribution in [0.5, 0.6) is 5.75 Å². The van der Waals surface area contributed by atoms with Crippen LogP contribution >= 0.6 is 0 Å². The van der Waals surface area contributed by atoms with E-state index < -0.39 is 11.6 Å². The second kappa shape index (κ2) is 8.16. The van der Waals surface area contributed by atoms with E-state index in [9.17, 15) is 18.4 Å². The van der Waals surface area contributed by atoms with Crippen LogP contribution in [0.15, 0.2) is 42.5 Å². The summed E-state index contributed by atoms with van der Waals surface area (Å²) in [5.74, 6) is -2.00. The normalized spacial score (nSPS) is 14.7. The smallest absolute Gasteiger partial charge is 0.253 e. The molecule has 0 spiro atoms. The monoisotopic (exact) mass is 374 g/mol. The van der Waals surface area contributed by atoms with Crippen LogP contribution < -0.4 is 10.1 Å². The summed E-state index contributed by atoms with van der Waals surface area (Å²) in [6.07, 6.45) is 1.01. The first kappa shape index (κ1) is 18.8. The van der Waals surface area contributed by atoms with E-state index in [1.807, 2.05) is 0 Å². The number of amides is 2. The predicted octanol–water partition coefficient (Wildman–Crippen LogP) is 3.46. The van der Waals surface area contributed by atoms with Gasteiger partial charge in [-0.1, -0.05) is 6.07 Å². The molecular weight excluding hydrogens is 354 g/mol. The molecule has 7 heteroatoms. The largest absolute Gasteiger partial charge is 0.497 e. The summed E-state index contributed by atoms with van der Waals surface area (Å²) in [5.41, 5.74) is 0.757. The molecule has 5 nitrogen and oxygen atoms in total. The minimum Gasteiger partial charge on any atom is -0.497 e. The van der Waals surface area contributed by atoms with E-state index in [-0.39, 0.29) is 23.4 Å². The Bertz CT molecular complexity index is 849. The van der Waals surface area contributed by atoms with Gasteiger partial charge in [-0.3, -0.25) is 9.59 Å². The number of nitrogens with zero attached hydrogens (tertiary/aromatic N) is 1. The van der Waals surface area contributed by atoms with Crippen molar-refractivity contribution < 1.29 is 23.1 Å². The maximum absolute atomic E-state index is 13.2. The number of halogens is 2. The number of carbonyl (C=O) groups is 2. The van der Waals surface area contributed by atoms with Crippen LogP contribution in [-0.4, -0.2) is 36.9 Å². The van der Waals surface area contributed by atoms with Crippen molar-refractivity contribution in [3.8, 4) is 5.75 Å².